The van der Waals surface area contributed by atoms with Crippen LogP contribution >= 0.6 is 0 Å². The minimum Gasteiger partial charge on any atom is -0.487 e. The number of benzene rings is 1. The van der Waals surface area contributed by atoms with E-state index in [1.165, 1.54) is 18.4 Å². The molecular formula is C16H23NO2. The van der Waals surface area contributed by atoms with E-state index >= 15 is 0 Å². The number of aryl methyl sites for hydroxylation is 1. The smallest absolute Gasteiger partial charge is 0.126 e. The standard InChI is InChI=1S/C16H23NO2/c1-2-12-5-6-14-13(9-12)16(18,11-17)10-15(19-14)7-3-4-8-15/h5-6,9,18H,2-4,7-8,10-11,17H2,1H3. The molecule has 3 heteroatoms. The van der Waals surface area contributed by atoms with Gasteiger partial charge < -0.3 is 15.6 Å². The van der Waals surface area contributed by atoms with Crippen LogP contribution in [0.5, 0.6) is 5.75 Å². The molecular weight excluding hydrogens is 238 g/mol. The van der Waals surface area contributed by atoms with E-state index in [0.29, 0.717) is 6.42 Å². The Kier molecular flexibility index (Phi) is 3.06. The molecule has 1 saturated carbocycles. The molecule has 2 aliphatic rings. The first-order chi connectivity index (χ1) is 9.11. The van der Waals surface area contributed by atoms with Crippen LogP contribution < -0.4 is 10.5 Å². The minimum absolute atomic E-state index is 0.186. The molecule has 1 spiro atoms. The summed E-state index contributed by atoms with van der Waals surface area (Å²) in [5.41, 5.74) is 6.88. The molecule has 3 N–H and O–H groups in total. The van der Waals surface area contributed by atoms with Crippen molar-refractivity contribution in [3.63, 3.8) is 0 Å². The van der Waals surface area contributed by atoms with Crippen LogP contribution in [0, 0.1) is 0 Å². The van der Waals surface area contributed by atoms with Crippen molar-refractivity contribution in [1.82, 2.24) is 0 Å². The average Bonchev–Trinajstić information content (AvgIpc) is 2.86. The quantitative estimate of drug-likeness (QED) is 0.860. The van der Waals surface area contributed by atoms with Crippen molar-refractivity contribution in [3.8, 4) is 5.75 Å². The van der Waals surface area contributed by atoms with Gasteiger partial charge in [-0.2, -0.15) is 0 Å². The van der Waals surface area contributed by atoms with Gasteiger partial charge in [0.2, 0.25) is 0 Å². The fourth-order valence-corrected chi connectivity index (χ4v) is 3.63. The second kappa shape index (κ2) is 4.50. The van der Waals surface area contributed by atoms with Gasteiger partial charge in [-0.3, -0.25) is 0 Å². The van der Waals surface area contributed by atoms with Crippen LogP contribution in [-0.4, -0.2) is 17.3 Å². The fraction of sp³-hybridized carbons (Fsp3) is 0.625. The van der Waals surface area contributed by atoms with Crippen LogP contribution in [0.4, 0.5) is 0 Å². The van der Waals surface area contributed by atoms with Crippen LogP contribution in [0.2, 0.25) is 0 Å². The van der Waals surface area contributed by atoms with Gasteiger partial charge in [0.25, 0.3) is 0 Å². The van der Waals surface area contributed by atoms with Crippen molar-refractivity contribution in [1.29, 1.82) is 0 Å². The normalized spacial score (nSPS) is 28.2. The summed E-state index contributed by atoms with van der Waals surface area (Å²) in [4.78, 5) is 0. The van der Waals surface area contributed by atoms with Gasteiger partial charge in [-0.1, -0.05) is 13.0 Å². The van der Waals surface area contributed by atoms with Gasteiger partial charge in [-0.05, 0) is 49.8 Å². The molecule has 0 aromatic heterocycles. The summed E-state index contributed by atoms with van der Waals surface area (Å²) >= 11 is 0. The SMILES string of the molecule is CCc1ccc2c(c1)C(O)(CN)CC1(CCCC1)O2. The van der Waals surface area contributed by atoms with Crippen LogP contribution in [0.15, 0.2) is 18.2 Å². The lowest BCUT2D eigenvalue weighted by atomic mass is 9.77. The molecule has 1 fully saturated rings. The van der Waals surface area contributed by atoms with E-state index in [0.717, 1.165) is 30.6 Å². The lowest BCUT2D eigenvalue weighted by Gasteiger charge is -2.44. The highest BCUT2D eigenvalue weighted by atomic mass is 16.5. The van der Waals surface area contributed by atoms with Crippen LogP contribution in [-0.2, 0) is 12.0 Å². The predicted molar refractivity (Wildman–Crippen MR) is 75.2 cm³/mol. The van der Waals surface area contributed by atoms with E-state index in [9.17, 15) is 5.11 Å². The van der Waals surface area contributed by atoms with Crippen molar-refractivity contribution in [2.45, 2.75) is 56.7 Å². The summed E-state index contributed by atoms with van der Waals surface area (Å²) in [6.07, 6.45) is 6.02. The van der Waals surface area contributed by atoms with E-state index in [-0.39, 0.29) is 12.1 Å². The average molecular weight is 261 g/mol. The van der Waals surface area contributed by atoms with E-state index in [1.54, 1.807) is 0 Å². The summed E-state index contributed by atoms with van der Waals surface area (Å²) in [6, 6.07) is 6.15. The zero-order valence-corrected chi connectivity index (χ0v) is 11.6. The Morgan fingerprint density at radius 1 is 1.32 bits per heavy atom. The van der Waals surface area contributed by atoms with Crippen LogP contribution in [0.3, 0.4) is 0 Å². The number of nitrogens with two attached hydrogens (primary N) is 1. The van der Waals surface area contributed by atoms with E-state index in [2.05, 4.69) is 19.1 Å². The predicted octanol–water partition coefficient (Wildman–Crippen LogP) is 2.49. The molecule has 0 amide bonds. The first-order valence-corrected chi connectivity index (χ1v) is 7.36. The third kappa shape index (κ3) is 2.05. The van der Waals surface area contributed by atoms with E-state index < -0.39 is 5.60 Å². The largest absolute Gasteiger partial charge is 0.487 e. The molecule has 0 bridgehead atoms. The highest BCUT2D eigenvalue weighted by Gasteiger charge is 2.49. The summed E-state index contributed by atoms with van der Waals surface area (Å²) < 4.78 is 6.26. The molecule has 3 rings (SSSR count). The summed E-state index contributed by atoms with van der Waals surface area (Å²) in [7, 11) is 0. The molecule has 19 heavy (non-hydrogen) atoms. The Bertz CT molecular complexity index is 480. The van der Waals surface area contributed by atoms with E-state index in [1.807, 2.05) is 6.07 Å². The number of hydrogen-bond donors (Lipinski definition) is 2. The molecule has 1 unspecified atom stereocenters. The topological polar surface area (TPSA) is 55.5 Å². The zero-order chi connectivity index (χ0) is 13.5. The number of ether oxygens (including phenoxy) is 1. The molecule has 0 radical (unpaired) electrons. The molecule has 1 aliphatic heterocycles. The van der Waals surface area contributed by atoms with Crippen molar-refractivity contribution in [2.75, 3.05) is 6.54 Å². The third-order valence-electron chi connectivity index (χ3n) is 4.75. The van der Waals surface area contributed by atoms with Gasteiger partial charge in [-0.15, -0.1) is 0 Å². The summed E-state index contributed by atoms with van der Waals surface area (Å²) in [5.74, 6) is 0.832. The summed E-state index contributed by atoms with van der Waals surface area (Å²) in [5, 5.41) is 11.0. The first-order valence-electron chi connectivity index (χ1n) is 7.36. The Balaban J connectivity index is 2.06. The van der Waals surface area contributed by atoms with Crippen molar-refractivity contribution in [2.24, 2.45) is 5.73 Å². The number of hydrogen-bond acceptors (Lipinski definition) is 3. The Hall–Kier alpha value is -1.06. The molecule has 0 saturated heterocycles. The van der Waals surface area contributed by atoms with Gasteiger partial charge in [-0.25, -0.2) is 0 Å². The summed E-state index contributed by atoms with van der Waals surface area (Å²) in [6.45, 7) is 2.38. The number of fused-ring (bicyclic) bond motifs is 1. The monoisotopic (exact) mass is 261 g/mol. The van der Waals surface area contributed by atoms with Crippen LogP contribution in [0.1, 0.15) is 50.2 Å². The molecule has 1 heterocycles. The van der Waals surface area contributed by atoms with Gasteiger partial charge in [0, 0.05) is 18.5 Å². The van der Waals surface area contributed by atoms with Crippen molar-refractivity contribution >= 4 is 0 Å². The fourth-order valence-electron chi connectivity index (χ4n) is 3.63. The molecule has 1 atom stereocenters. The molecule has 1 aromatic rings. The van der Waals surface area contributed by atoms with Gasteiger partial charge in [0.05, 0.1) is 0 Å². The number of aliphatic hydroxyl groups is 1. The van der Waals surface area contributed by atoms with Crippen molar-refractivity contribution in [3.05, 3.63) is 29.3 Å². The van der Waals surface area contributed by atoms with E-state index in [4.69, 9.17) is 10.5 Å². The maximum absolute atomic E-state index is 11.0. The maximum atomic E-state index is 11.0. The first kappa shape index (κ1) is 12.9. The Morgan fingerprint density at radius 2 is 2.05 bits per heavy atom. The zero-order valence-electron chi connectivity index (χ0n) is 11.6. The molecule has 1 aromatic carbocycles. The van der Waals surface area contributed by atoms with Crippen molar-refractivity contribution < 1.29 is 9.84 Å². The lowest BCUT2D eigenvalue weighted by molar-refractivity contribution is -0.0712. The van der Waals surface area contributed by atoms with Gasteiger partial charge in [0.1, 0.15) is 17.0 Å². The second-order valence-corrected chi connectivity index (χ2v) is 6.09. The Morgan fingerprint density at radius 3 is 2.68 bits per heavy atom. The number of rotatable bonds is 2. The highest BCUT2D eigenvalue weighted by molar-refractivity contribution is 5.44. The van der Waals surface area contributed by atoms with Gasteiger partial charge in [0.15, 0.2) is 0 Å². The molecule has 3 nitrogen and oxygen atoms in total. The molecule has 1 aliphatic carbocycles. The van der Waals surface area contributed by atoms with Gasteiger partial charge >= 0.3 is 0 Å². The van der Waals surface area contributed by atoms with Crippen LogP contribution in [0.25, 0.3) is 0 Å². The Labute approximate surface area is 114 Å². The molecule has 104 valence electrons. The third-order valence-corrected chi connectivity index (χ3v) is 4.75. The minimum atomic E-state index is -0.927. The highest BCUT2D eigenvalue weighted by Crippen LogP contribution is 2.49. The lowest BCUT2D eigenvalue weighted by Crippen LogP contribution is -2.50. The second-order valence-electron chi connectivity index (χ2n) is 6.09. The maximum Gasteiger partial charge on any atom is 0.126 e.